The van der Waals surface area contributed by atoms with Gasteiger partial charge in [-0.1, -0.05) is 42.2 Å². The molecule has 1 N–H and O–H groups in total. The van der Waals surface area contributed by atoms with Crippen LogP contribution in [-0.4, -0.2) is 115 Å². The second-order valence-corrected chi connectivity index (χ2v) is 15.0. The zero-order valence-corrected chi connectivity index (χ0v) is 32.8. The molecule has 14 nitrogen and oxygen atoms in total. The first-order valence-electron chi connectivity index (χ1n) is 15.9. The minimum Gasteiger partial charge on any atom is -0.444 e. The van der Waals surface area contributed by atoms with Crippen LogP contribution in [0.4, 0.5) is 15.4 Å². The summed E-state index contributed by atoms with van der Waals surface area (Å²) in [7, 11) is 0. The maximum absolute atomic E-state index is 12.2. The number of ether oxygens (including phenoxy) is 2. The molecule has 2 aliphatic heterocycles. The van der Waals surface area contributed by atoms with Gasteiger partial charge in [-0.15, -0.1) is 0 Å². The van der Waals surface area contributed by atoms with Crippen molar-refractivity contribution in [3.8, 4) is 0 Å². The molecule has 4 aromatic rings. The van der Waals surface area contributed by atoms with Crippen LogP contribution in [0.1, 0.15) is 49.0 Å². The van der Waals surface area contributed by atoms with E-state index in [2.05, 4.69) is 40.1 Å². The van der Waals surface area contributed by atoms with E-state index in [0.29, 0.717) is 48.4 Å². The standard InChI is InChI=1S/C16H19Cl2N5O2.C9H18N2O2.C7H2Cl3N3.CH4/c1-16(2,3)25-15(24)23-8-6-22(7-9-23)13-10-4-5-19-12(17)11(10)20-14(18)21-13;1-9(2,3)13-8(12)11-6-4-10-5-7-11;8-5-3-1-2-11-6(9)4(3)12-7(10)13-5;/h4-5H,6-9H2,1-3H3;10H,4-7H2,1-3H3;1-2H;1H4. The van der Waals surface area contributed by atoms with E-state index in [9.17, 15) is 9.59 Å². The number of anilines is 1. The Labute approximate surface area is 328 Å². The number of piperazine rings is 2. The van der Waals surface area contributed by atoms with E-state index >= 15 is 0 Å². The van der Waals surface area contributed by atoms with Gasteiger partial charge in [0.05, 0.1) is 0 Å². The van der Waals surface area contributed by atoms with Crippen LogP contribution in [0.3, 0.4) is 0 Å². The van der Waals surface area contributed by atoms with E-state index in [1.807, 2.05) is 47.6 Å². The van der Waals surface area contributed by atoms with Crippen LogP contribution in [0.15, 0.2) is 24.5 Å². The monoisotopic (exact) mass is 818 g/mol. The summed E-state index contributed by atoms with van der Waals surface area (Å²) in [4.78, 5) is 53.3. The van der Waals surface area contributed by atoms with E-state index in [4.69, 9.17) is 67.5 Å². The Morgan fingerprint density at radius 3 is 1.58 bits per heavy atom. The second kappa shape index (κ2) is 18.7. The number of aromatic nitrogens is 6. The fraction of sp³-hybridized carbons (Fsp3) is 0.515. The third-order valence-corrected chi connectivity index (χ3v) is 8.20. The highest BCUT2D eigenvalue weighted by atomic mass is 35.5. The number of rotatable bonds is 1. The van der Waals surface area contributed by atoms with Gasteiger partial charge in [-0.05, 0) is 76.9 Å². The summed E-state index contributed by atoms with van der Waals surface area (Å²) in [5, 5.41) is 5.63. The van der Waals surface area contributed by atoms with Crippen LogP contribution in [0, 0.1) is 0 Å². The zero-order chi connectivity index (χ0) is 37.5. The van der Waals surface area contributed by atoms with Crippen LogP contribution in [0.25, 0.3) is 21.8 Å². The maximum Gasteiger partial charge on any atom is 0.410 e. The molecule has 0 aromatic carbocycles. The highest BCUT2D eigenvalue weighted by molar-refractivity contribution is 6.39. The molecule has 52 heavy (non-hydrogen) atoms. The predicted molar refractivity (Wildman–Crippen MR) is 207 cm³/mol. The molecule has 0 unspecified atom stereocenters. The Morgan fingerprint density at radius 2 is 1.08 bits per heavy atom. The first-order valence-corrected chi connectivity index (χ1v) is 17.8. The van der Waals surface area contributed by atoms with Crippen LogP contribution in [0.5, 0.6) is 0 Å². The van der Waals surface area contributed by atoms with Crippen molar-refractivity contribution < 1.29 is 19.1 Å². The lowest BCUT2D eigenvalue weighted by Gasteiger charge is -2.36. The van der Waals surface area contributed by atoms with Gasteiger partial charge in [-0.3, -0.25) is 0 Å². The van der Waals surface area contributed by atoms with Gasteiger partial charge < -0.3 is 29.5 Å². The van der Waals surface area contributed by atoms with Gasteiger partial charge in [0.1, 0.15) is 33.2 Å². The van der Waals surface area contributed by atoms with Gasteiger partial charge in [-0.2, -0.15) is 4.98 Å². The summed E-state index contributed by atoms with van der Waals surface area (Å²) >= 11 is 29.4. The highest BCUT2D eigenvalue weighted by Crippen LogP contribution is 2.30. The van der Waals surface area contributed by atoms with Gasteiger partial charge in [0.25, 0.3) is 0 Å². The average molecular weight is 821 g/mol. The van der Waals surface area contributed by atoms with Crippen LogP contribution < -0.4 is 10.2 Å². The Hall–Kier alpha value is -3.27. The average Bonchev–Trinajstić information content (AvgIpc) is 3.05. The van der Waals surface area contributed by atoms with Crippen molar-refractivity contribution in [2.75, 3.05) is 57.3 Å². The normalized spacial score (nSPS) is 14.8. The molecular formula is C33H43Cl5N10O4. The third kappa shape index (κ3) is 12.4. The van der Waals surface area contributed by atoms with Gasteiger partial charge in [0.2, 0.25) is 10.6 Å². The fourth-order valence-corrected chi connectivity index (χ4v) is 5.79. The molecule has 0 radical (unpaired) electrons. The predicted octanol–water partition coefficient (Wildman–Crippen LogP) is 7.84. The van der Waals surface area contributed by atoms with E-state index in [0.717, 1.165) is 31.6 Å². The van der Waals surface area contributed by atoms with E-state index < -0.39 is 5.60 Å². The largest absolute Gasteiger partial charge is 0.444 e. The Balaban J connectivity index is 0.000000228. The second-order valence-electron chi connectivity index (χ2n) is 13.3. The van der Waals surface area contributed by atoms with Gasteiger partial charge >= 0.3 is 12.2 Å². The van der Waals surface area contributed by atoms with E-state index in [1.165, 1.54) is 6.20 Å². The number of fused-ring (bicyclic) bond motifs is 2. The molecule has 6 rings (SSSR count). The number of carbonyl (C=O) groups is 2. The summed E-state index contributed by atoms with van der Waals surface area (Å²) < 4.78 is 10.7. The minimum atomic E-state index is -0.506. The lowest BCUT2D eigenvalue weighted by Crippen LogP contribution is -2.50. The number of amides is 2. The molecule has 2 aliphatic rings. The Morgan fingerprint density at radius 1 is 0.635 bits per heavy atom. The molecule has 6 heterocycles. The molecule has 0 spiro atoms. The van der Waals surface area contributed by atoms with Crippen molar-refractivity contribution in [1.29, 1.82) is 0 Å². The van der Waals surface area contributed by atoms with Gasteiger partial charge in [0.15, 0.2) is 10.3 Å². The van der Waals surface area contributed by atoms with Crippen molar-refractivity contribution >= 4 is 97.8 Å². The lowest BCUT2D eigenvalue weighted by atomic mass is 10.2. The molecule has 0 bridgehead atoms. The molecule has 284 valence electrons. The highest BCUT2D eigenvalue weighted by Gasteiger charge is 2.28. The smallest absolute Gasteiger partial charge is 0.410 e. The molecule has 0 atom stereocenters. The van der Waals surface area contributed by atoms with Crippen molar-refractivity contribution in [3.05, 3.63) is 50.6 Å². The number of nitrogens with zero attached hydrogens (tertiary/aromatic N) is 9. The first-order chi connectivity index (χ1) is 23.9. The van der Waals surface area contributed by atoms with Crippen molar-refractivity contribution in [2.45, 2.75) is 60.2 Å². The Bertz CT molecular complexity index is 1840. The van der Waals surface area contributed by atoms with E-state index in [1.54, 1.807) is 22.1 Å². The Kier molecular flexibility index (Phi) is 15.5. The molecule has 0 saturated carbocycles. The number of hydrogen-bond donors (Lipinski definition) is 1. The first kappa shape index (κ1) is 43.1. The zero-order valence-electron chi connectivity index (χ0n) is 29.0. The van der Waals surface area contributed by atoms with Crippen LogP contribution in [0.2, 0.25) is 26.0 Å². The van der Waals surface area contributed by atoms with Gasteiger partial charge in [0, 0.05) is 75.5 Å². The number of pyridine rings is 2. The molecule has 0 aliphatic carbocycles. The van der Waals surface area contributed by atoms with Crippen molar-refractivity contribution in [3.63, 3.8) is 0 Å². The summed E-state index contributed by atoms with van der Waals surface area (Å²) in [6.07, 6.45) is 2.65. The maximum atomic E-state index is 12.2. The number of halogens is 5. The fourth-order valence-electron chi connectivity index (χ4n) is 4.78. The summed E-state index contributed by atoms with van der Waals surface area (Å²) in [5.41, 5.74) is 0.0962. The van der Waals surface area contributed by atoms with Crippen molar-refractivity contribution in [2.24, 2.45) is 0 Å². The van der Waals surface area contributed by atoms with Crippen LogP contribution in [-0.2, 0) is 9.47 Å². The summed E-state index contributed by atoms with van der Waals surface area (Å²) in [5.74, 6) is 0.697. The molecular weight excluding hydrogens is 778 g/mol. The summed E-state index contributed by atoms with van der Waals surface area (Å²) in [6, 6.07) is 3.49. The number of nitrogens with one attached hydrogen (secondary N) is 1. The molecule has 2 fully saturated rings. The summed E-state index contributed by atoms with van der Waals surface area (Å²) in [6.45, 7) is 16.7. The third-order valence-electron chi connectivity index (χ3n) is 7.02. The number of hydrogen-bond acceptors (Lipinski definition) is 12. The molecule has 4 aromatic heterocycles. The van der Waals surface area contributed by atoms with E-state index in [-0.39, 0.29) is 51.2 Å². The lowest BCUT2D eigenvalue weighted by molar-refractivity contribution is 0.0223. The van der Waals surface area contributed by atoms with Gasteiger partial charge in [-0.25, -0.2) is 34.5 Å². The minimum absolute atomic E-state index is 0. The van der Waals surface area contributed by atoms with Crippen molar-refractivity contribution in [1.82, 2.24) is 45.0 Å². The quantitative estimate of drug-likeness (QED) is 0.113. The molecule has 19 heteroatoms. The SMILES string of the molecule is C.CC(C)(C)OC(=O)N1CCN(c2nc(Cl)nc3c(Cl)nccc23)CC1.CC(C)(C)OC(=O)N1CCNCC1.Clc1nc(Cl)c2ccnc(Cl)c2n1. The van der Waals surface area contributed by atoms with Crippen LogP contribution >= 0.6 is 58.0 Å². The number of carbonyl (C=O) groups excluding carboxylic acids is 2. The molecule has 2 amide bonds. The topological polar surface area (TPSA) is 152 Å². The molecule has 2 saturated heterocycles.